The Bertz CT molecular complexity index is 1040. The van der Waals surface area contributed by atoms with Crippen molar-refractivity contribution >= 4 is 28.6 Å². The maximum Gasteiger partial charge on any atom is 0.262 e. The van der Waals surface area contributed by atoms with Crippen molar-refractivity contribution in [3.05, 3.63) is 77.0 Å². The van der Waals surface area contributed by atoms with Crippen LogP contribution in [0.25, 0.3) is 0 Å². The van der Waals surface area contributed by atoms with Crippen LogP contribution in [0.2, 0.25) is 0 Å². The molecule has 1 N–H and O–H groups in total. The highest BCUT2D eigenvalue weighted by Gasteiger charge is 2.27. The van der Waals surface area contributed by atoms with Crippen LogP contribution >= 0.6 is 11.3 Å². The Hall–Kier alpha value is -2.87. The molecule has 6 nitrogen and oxygen atoms in total. The molecule has 1 amide bonds. The Kier molecular flexibility index (Phi) is 7.98. The number of thiophene rings is 1. The van der Waals surface area contributed by atoms with Crippen LogP contribution in [0, 0.1) is 0 Å². The summed E-state index contributed by atoms with van der Waals surface area (Å²) in [6, 6.07) is 22.7. The highest BCUT2D eigenvalue weighted by atomic mass is 32.1. The van der Waals surface area contributed by atoms with Gasteiger partial charge in [0.05, 0.1) is 0 Å². The molecule has 2 fully saturated rings. The van der Waals surface area contributed by atoms with Gasteiger partial charge in [-0.1, -0.05) is 24.3 Å². The van der Waals surface area contributed by atoms with E-state index in [-0.39, 0.29) is 12.5 Å². The predicted molar refractivity (Wildman–Crippen MR) is 143 cm³/mol. The lowest BCUT2D eigenvalue weighted by Gasteiger charge is -2.43. The quantitative estimate of drug-likeness (QED) is 0.502. The van der Waals surface area contributed by atoms with E-state index in [2.05, 4.69) is 49.7 Å². The lowest BCUT2D eigenvalue weighted by atomic mass is 10.0. The lowest BCUT2D eigenvalue weighted by Crippen LogP contribution is -2.53. The van der Waals surface area contributed by atoms with E-state index in [0.717, 1.165) is 25.3 Å². The van der Waals surface area contributed by atoms with Crippen molar-refractivity contribution in [1.29, 1.82) is 0 Å². The minimum atomic E-state index is -0.155. The highest BCUT2D eigenvalue weighted by Crippen LogP contribution is 2.25. The van der Waals surface area contributed by atoms with Crippen molar-refractivity contribution in [3.8, 4) is 5.75 Å². The molecular formula is C28H34N4O2S. The van der Waals surface area contributed by atoms with Gasteiger partial charge in [0.25, 0.3) is 5.91 Å². The van der Waals surface area contributed by atoms with E-state index in [9.17, 15) is 4.79 Å². The van der Waals surface area contributed by atoms with Crippen molar-refractivity contribution in [3.63, 3.8) is 0 Å². The fraction of sp³-hybridized carbons (Fsp3) is 0.393. The van der Waals surface area contributed by atoms with Crippen molar-refractivity contribution in [2.24, 2.45) is 0 Å². The minimum Gasteiger partial charge on any atom is -0.484 e. The predicted octanol–water partition coefficient (Wildman–Crippen LogP) is 4.55. The van der Waals surface area contributed by atoms with Crippen LogP contribution < -0.4 is 15.0 Å². The number of ether oxygens (including phenoxy) is 1. The molecule has 2 saturated heterocycles. The summed E-state index contributed by atoms with van der Waals surface area (Å²) in [6.45, 7) is 7.95. The molecule has 0 bridgehead atoms. The standard InChI is InChI=1S/C28H34N4O2S/c33-28(22-34-26-5-2-1-3-6-26)29-23-8-10-24(11-9-23)31-14-12-25(13-15-31)32-18-16-30(17-19-32)21-27-7-4-20-35-27/h1-11,20,25H,12-19,21-22H2,(H,29,33). The van der Waals surface area contributed by atoms with Crippen molar-refractivity contribution in [1.82, 2.24) is 9.80 Å². The largest absolute Gasteiger partial charge is 0.484 e. The number of piperidine rings is 1. The lowest BCUT2D eigenvalue weighted by molar-refractivity contribution is -0.118. The van der Waals surface area contributed by atoms with Crippen LogP contribution in [0.3, 0.4) is 0 Å². The normalized spacial score (nSPS) is 17.9. The minimum absolute atomic E-state index is 0.00156. The fourth-order valence-electron chi connectivity index (χ4n) is 5.02. The third kappa shape index (κ3) is 6.63. The summed E-state index contributed by atoms with van der Waals surface area (Å²) in [5, 5.41) is 5.09. The molecule has 2 aliphatic rings. The molecule has 35 heavy (non-hydrogen) atoms. The topological polar surface area (TPSA) is 48.1 Å². The number of anilines is 2. The van der Waals surface area contributed by atoms with Gasteiger partial charge in [0.2, 0.25) is 0 Å². The zero-order valence-electron chi connectivity index (χ0n) is 20.1. The number of nitrogens with zero attached hydrogens (tertiary/aromatic N) is 3. The van der Waals surface area contributed by atoms with E-state index < -0.39 is 0 Å². The zero-order valence-corrected chi connectivity index (χ0v) is 21.0. The smallest absolute Gasteiger partial charge is 0.262 e. The average Bonchev–Trinajstić information content (AvgIpc) is 3.42. The number of rotatable bonds is 8. The summed E-state index contributed by atoms with van der Waals surface area (Å²) in [5.74, 6) is 0.541. The Morgan fingerprint density at radius 1 is 0.886 bits per heavy atom. The second-order valence-electron chi connectivity index (χ2n) is 9.31. The molecule has 0 saturated carbocycles. The number of carbonyl (C=O) groups is 1. The van der Waals surface area contributed by atoms with Crippen LogP contribution in [0.15, 0.2) is 72.1 Å². The van der Waals surface area contributed by atoms with Gasteiger partial charge in [0, 0.05) is 68.1 Å². The van der Waals surface area contributed by atoms with Crippen LogP contribution in [-0.2, 0) is 11.3 Å². The number of carbonyl (C=O) groups excluding carboxylic acids is 1. The molecule has 5 rings (SSSR count). The highest BCUT2D eigenvalue weighted by molar-refractivity contribution is 7.09. The second-order valence-corrected chi connectivity index (χ2v) is 10.3. The number of piperazine rings is 1. The summed E-state index contributed by atoms with van der Waals surface area (Å²) in [4.78, 5) is 21.4. The van der Waals surface area contributed by atoms with Crippen LogP contribution in [0.5, 0.6) is 5.75 Å². The molecule has 2 aromatic carbocycles. The van der Waals surface area contributed by atoms with Gasteiger partial charge in [-0.25, -0.2) is 0 Å². The van der Waals surface area contributed by atoms with Crippen molar-refractivity contribution < 1.29 is 9.53 Å². The first-order chi connectivity index (χ1) is 17.2. The van der Waals surface area contributed by atoms with Gasteiger partial charge >= 0.3 is 0 Å². The van der Waals surface area contributed by atoms with Gasteiger partial charge in [0.15, 0.2) is 6.61 Å². The second kappa shape index (κ2) is 11.7. The average molecular weight is 491 g/mol. The number of amides is 1. The first-order valence-electron chi connectivity index (χ1n) is 12.5. The van der Waals surface area contributed by atoms with Gasteiger partial charge in [-0.3, -0.25) is 14.6 Å². The maximum atomic E-state index is 12.2. The monoisotopic (exact) mass is 490 g/mol. The van der Waals surface area contributed by atoms with Gasteiger partial charge in [-0.05, 0) is 60.7 Å². The molecule has 2 aliphatic heterocycles. The summed E-state index contributed by atoms with van der Waals surface area (Å²) in [5.41, 5.74) is 2.02. The molecule has 0 spiro atoms. The molecule has 0 aliphatic carbocycles. The molecule has 0 radical (unpaired) electrons. The van der Waals surface area contributed by atoms with E-state index in [0.29, 0.717) is 11.8 Å². The number of hydrogen-bond acceptors (Lipinski definition) is 6. The summed E-state index contributed by atoms with van der Waals surface area (Å²) < 4.78 is 5.52. The third-order valence-corrected chi connectivity index (χ3v) is 7.84. The SMILES string of the molecule is O=C(COc1ccccc1)Nc1ccc(N2CCC(N3CCN(Cc4cccs4)CC3)CC2)cc1. The molecule has 0 unspecified atom stereocenters. The number of nitrogens with one attached hydrogen (secondary N) is 1. The van der Waals surface area contributed by atoms with Crippen molar-refractivity contribution in [2.75, 3.05) is 56.1 Å². The number of para-hydroxylation sites is 1. The van der Waals surface area contributed by atoms with Gasteiger partial charge in [-0.15, -0.1) is 11.3 Å². The van der Waals surface area contributed by atoms with E-state index in [4.69, 9.17) is 4.74 Å². The number of hydrogen-bond donors (Lipinski definition) is 1. The molecule has 0 atom stereocenters. The van der Waals surface area contributed by atoms with Crippen LogP contribution in [-0.4, -0.2) is 67.6 Å². The van der Waals surface area contributed by atoms with Gasteiger partial charge in [-0.2, -0.15) is 0 Å². The Morgan fingerprint density at radius 3 is 2.31 bits per heavy atom. The van der Waals surface area contributed by atoms with Gasteiger partial charge in [0.1, 0.15) is 5.75 Å². The first-order valence-corrected chi connectivity index (χ1v) is 13.4. The molecule has 184 valence electrons. The van der Waals surface area contributed by atoms with Gasteiger partial charge < -0.3 is 15.0 Å². The van der Waals surface area contributed by atoms with E-state index in [1.807, 2.05) is 53.8 Å². The zero-order chi connectivity index (χ0) is 23.9. The molecule has 7 heteroatoms. The molecule has 3 heterocycles. The number of benzene rings is 2. The van der Waals surface area contributed by atoms with Crippen LogP contribution in [0.4, 0.5) is 11.4 Å². The van der Waals surface area contributed by atoms with Crippen molar-refractivity contribution in [2.45, 2.75) is 25.4 Å². The molecule has 3 aromatic rings. The molecule has 1 aromatic heterocycles. The third-order valence-electron chi connectivity index (χ3n) is 6.98. The summed E-state index contributed by atoms with van der Waals surface area (Å²) in [6.07, 6.45) is 2.42. The molecular weight excluding hydrogens is 456 g/mol. The van der Waals surface area contributed by atoms with Crippen LogP contribution in [0.1, 0.15) is 17.7 Å². The van der Waals surface area contributed by atoms with E-state index in [1.54, 1.807) is 0 Å². The maximum absolute atomic E-state index is 12.2. The summed E-state index contributed by atoms with van der Waals surface area (Å²) >= 11 is 1.86. The Balaban J connectivity index is 1.03. The Labute approximate surface area is 212 Å². The van der Waals surface area contributed by atoms with E-state index >= 15 is 0 Å². The fourth-order valence-corrected chi connectivity index (χ4v) is 5.76. The van der Waals surface area contributed by atoms with E-state index in [1.165, 1.54) is 49.6 Å². The first kappa shape index (κ1) is 23.9. The Morgan fingerprint density at radius 2 is 1.63 bits per heavy atom. The summed E-state index contributed by atoms with van der Waals surface area (Å²) in [7, 11) is 0.